The van der Waals surface area contributed by atoms with Gasteiger partial charge in [0.25, 0.3) is 5.69 Å². The molecule has 1 fully saturated rings. The van der Waals surface area contributed by atoms with Gasteiger partial charge in [-0.05, 0) is 25.0 Å². The van der Waals surface area contributed by atoms with E-state index in [1.807, 2.05) is 0 Å². The minimum atomic E-state index is -0.651. The number of rotatable bonds is 5. The molecular weight excluding hydrogens is 238 g/mol. The van der Waals surface area contributed by atoms with Crippen LogP contribution in [0.3, 0.4) is 0 Å². The number of benzene rings is 1. The summed E-state index contributed by atoms with van der Waals surface area (Å²) in [6.45, 7) is -0.106. The number of nitrogens with one attached hydrogen (secondary N) is 1. The highest BCUT2D eigenvalue weighted by atomic mass is 16.6. The van der Waals surface area contributed by atoms with Crippen LogP contribution in [0, 0.1) is 10.1 Å². The Labute approximate surface area is 103 Å². The Kier molecular flexibility index (Phi) is 2.92. The second-order valence-electron chi connectivity index (χ2n) is 4.42. The molecule has 0 atom stereocenters. The lowest BCUT2D eigenvalue weighted by molar-refractivity contribution is -0.384. The van der Waals surface area contributed by atoms with Crippen molar-refractivity contribution >= 4 is 17.3 Å². The van der Waals surface area contributed by atoms with Gasteiger partial charge in [0.15, 0.2) is 0 Å². The number of hydrogen-bond donors (Lipinski definition) is 3. The van der Waals surface area contributed by atoms with Crippen molar-refractivity contribution in [3.05, 3.63) is 33.9 Å². The molecule has 1 aliphatic carbocycles. The molecule has 1 aliphatic rings. The van der Waals surface area contributed by atoms with Crippen LogP contribution >= 0.6 is 0 Å². The molecule has 4 N–H and O–H groups in total. The fourth-order valence-corrected chi connectivity index (χ4v) is 1.71. The number of amides is 1. The maximum atomic E-state index is 11.1. The van der Waals surface area contributed by atoms with Crippen molar-refractivity contribution in [1.29, 1.82) is 0 Å². The molecule has 7 nitrogen and oxygen atoms in total. The Morgan fingerprint density at radius 3 is 2.67 bits per heavy atom. The molecular formula is C11H13N3O4. The lowest BCUT2D eigenvalue weighted by Crippen LogP contribution is -2.26. The smallest absolute Gasteiger partial charge is 0.292 e. The van der Waals surface area contributed by atoms with E-state index in [-0.39, 0.29) is 23.5 Å². The van der Waals surface area contributed by atoms with E-state index in [0.29, 0.717) is 0 Å². The first-order valence-corrected chi connectivity index (χ1v) is 5.45. The van der Waals surface area contributed by atoms with Crippen LogP contribution in [0.15, 0.2) is 18.2 Å². The third kappa shape index (κ3) is 2.25. The van der Waals surface area contributed by atoms with Crippen molar-refractivity contribution < 1.29 is 14.8 Å². The number of carbonyl (C=O) groups is 1. The molecule has 7 heteroatoms. The zero-order valence-electron chi connectivity index (χ0n) is 9.55. The number of nitro groups is 1. The average molecular weight is 251 g/mol. The maximum Gasteiger partial charge on any atom is 0.292 e. The lowest BCUT2D eigenvalue weighted by Gasteiger charge is -2.16. The van der Waals surface area contributed by atoms with Crippen molar-refractivity contribution in [1.82, 2.24) is 0 Å². The van der Waals surface area contributed by atoms with Gasteiger partial charge in [0.1, 0.15) is 5.69 Å². The summed E-state index contributed by atoms with van der Waals surface area (Å²) in [6.07, 6.45) is 1.48. The van der Waals surface area contributed by atoms with Gasteiger partial charge in [-0.1, -0.05) is 0 Å². The molecule has 1 aromatic carbocycles. The zero-order valence-corrected chi connectivity index (χ0v) is 9.55. The quantitative estimate of drug-likeness (QED) is 0.524. The van der Waals surface area contributed by atoms with Crippen LogP contribution in [-0.2, 0) is 0 Å². The van der Waals surface area contributed by atoms with Crippen LogP contribution in [0.25, 0.3) is 0 Å². The Hall–Kier alpha value is -2.15. The van der Waals surface area contributed by atoms with E-state index >= 15 is 0 Å². The van der Waals surface area contributed by atoms with E-state index in [1.165, 1.54) is 18.2 Å². The van der Waals surface area contributed by atoms with Crippen molar-refractivity contribution in [2.75, 3.05) is 11.9 Å². The number of nitrogens with two attached hydrogens (primary N) is 1. The first-order chi connectivity index (χ1) is 8.47. The molecule has 0 aromatic heterocycles. The highest BCUT2D eigenvalue weighted by Crippen LogP contribution is 2.40. The van der Waals surface area contributed by atoms with Crippen LogP contribution in [0.2, 0.25) is 0 Å². The van der Waals surface area contributed by atoms with E-state index in [2.05, 4.69) is 5.32 Å². The number of anilines is 1. The molecule has 0 heterocycles. The van der Waals surface area contributed by atoms with Crippen LogP contribution in [-0.4, -0.2) is 28.1 Å². The Balaban J connectivity index is 2.37. The molecule has 1 aromatic rings. The van der Waals surface area contributed by atoms with Crippen molar-refractivity contribution in [3.63, 3.8) is 0 Å². The fraction of sp³-hybridized carbons (Fsp3) is 0.364. The van der Waals surface area contributed by atoms with Crippen LogP contribution in [0.1, 0.15) is 23.2 Å². The topological polar surface area (TPSA) is 118 Å². The summed E-state index contributed by atoms with van der Waals surface area (Å²) >= 11 is 0. The van der Waals surface area contributed by atoms with Gasteiger partial charge in [-0.15, -0.1) is 0 Å². The highest BCUT2D eigenvalue weighted by Gasteiger charge is 2.43. The summed E-state index contributed by atoms with van der Waals surface area (Å²) in [6, 6.07) is 3.89. The van der Waals surface area contributed by atoms with E-state index in [0.717, 1.165) is 12.8 Å². The number of nitrogens with zero attached hydrogens (tertiary/aromatic N) is 1. The Morgan fingerprint density at radius 2 is 2.22 bits per heavy atom. The summed E-state index contributed by atoms with van der Waals surface area (Å²) < 4.78 is 0. The predicted molar refractivity (Wildman–Crippen MR) is 64.3 cm³/mol. The van der Waals surface area contributed by atoms with Gasteiger partial charge in [-0.25, -0.2) is 0 Å². The number of hydrogen-bond acceptors (Lipinski definition) is 5. The van der Waals surface area contributed by atoms with Gasteiger partial charge in [0.05, 0.1) is 17.1 Å². The second-order valence-corrected chi connectivity index (χ2v) is 4.42. The standard InChI is InChI=1S/C11H13N3O4/c12-10(16)7-1-2-9(14(17)18)8(5-7)13-11(6-15)3-4-11/h1-2,5,13,15H,3-4,6H2,(H2,12,16). The number of nitro benzene ring substituents is 1. The number of aliphatic hydroxyl groups is 1. The minimum absolute atomic E-state index is 0.106. The molecule has 1 saturated carbocycles. The highest BCUT2D eigenvalue weighted by molar-refractivity contribution is 5.94. The third-order valence-electron chi connectivity index (χ3n) is 3.03. The van der Waals surface area contributed by atoms with Gasteiger partial charge in [0, 0.05) is 11.6 Å². The molecule has 0 saturated heterocycles. The molecule has 1 amide bonds. The molecule has 0 aliphatic heterocycles. The first-order valence-electron chi connectivity index (χ1n) is 5.45. The van der Waals surface area contributed by atoms with Gasteiger partial charge in [-0.3, -0.25) is 14.9 Å². The van der Waals surface area contributed by atoms with E-state index in [4.69, 9.17) is 5.73 Å². The summed E-state index contributed by atoms with van der Waals surface area (Å²) in [7, 11) is 0. The number of aliphatic hydroxyl groups excluding tert-OH is 1. The third-order valence-corrected chi connectivity index (χ3v) is 3.03. The summed E-state index contributed by atoms with van der Waals surface area (Å²) in [5.74, 6) is -0.651. The summed E-state index contributed by atoms with van der Waals surface area (Å²) in [5, 5.41) is 23.0. The van der Waals surface area contributed by atoms with Gasteiger partial charge in [-0.2, -0.15) is 0 Å². The van der Waals surface area contributed by atoms with Crippen molar-refractivity contribution in [2.24, 2.45) is 5.73 Å². The summed E-state index contributed by atoms with van der Waals surface area (Å²) in [4.78, 5) is 21.4. The maximum absolute atomic E-state index is 11.1. The molecule has 0 unspecified atom stereocenters. The largest absolute Gasteiger partial charge is 0.394 e. The normalized spacial score (nSPS) is 16.1. The van der Waals surface area contributed by atoms with Gasteiger partial charge >= 0.3 is 0 Å². The Morgan fingerprint density at radius 1 is 1.56 bits per heavy atom. The molecule has 0 radical (unpaired) electrons. The molecule has 2 rings (SSSR count). The van der Waals surface area contributed by atoms with E-state index in [9.17, 15) is 20.0 Å². The molecule has 18 heavy (non-hydrogen) atoms. The SMILES string of the molecule is NC(=O)c1ccc([N+](=O)[O-])c(NC2(CO)CC2)c1. The van der Waals surface area contributed by atoms with Gasteiger partial charge in [0.2, 0.25) is 5.91 Å². The number of carbonyl (C=O) groups excluding carboxylic acids is 1. The summed E-state index contributed by atoms with van der Waals surface area (Å²) in [5.41, 5.74) is 4.90. The van der Waals surface area contributed by atoms with E-state index in [1.54, 1.807) is 0 Å². The number of primary amides is 1. The molecule has 0 bridgehead atoms. The predicted octanol–water partition coefficient (Wildman–Crippen LogP) is 0.630. The lowest BCUT2D eigenvalue weighted by atomic mass is 10.1. The van der Waals surface area contributed by atoms with Crippen LogP contribution < -0.4 is 11.1 Å². The van der Waals surface area contributed by atoms with Crippen molar-refractivity contribution in [3.8, 4) is 0 Å². The van der Waals surface area contributed by atoms with Crippen molar-refractivity contribution in [2.45, 2.75) is 18.4 Å². The van der Waals surface area contributed by atoms with Crippen LogP contribution in [0.5, 0.6) is 0 Å². The minimum Gasteiger partial charge on any atom is -0.394 e. The first kappa shape index (κ1) is 12.3. The van der Waals surface area contributed by atoms with Crippen LogP contribution in [0.4, 0.5) is 11.4 Å². The molecule has 0 spiro atoms. The average Bonchev–Trinajstić information content (AvgIpc) is 3.09. The van der Waals surface area contributed by atoms with E-state index < -0.39 is 16.4 Å². The second kappa shape index (κ2) is 4.26. The molecule has 96 valence electrons. The monoisotopic (exact) mass is 251 g/mol. The zero-order chi connectivity index (χ0) is 13.3. The Bertz CT molecular complexity index is 511. The fourth-order valence-electron chi connectivity index (χ4n) is 1.71. The van der Waals surface area contributed by atoms with Gasteiger partial charge < -0.3 is 16.2 Å².